The van der Waals surface area contributed by atoms with Crippen molar-refractivity contribution in [3.05, 3.63) is 53.3 Å². The normalized spacial score (nSPS) is 10.3. The summed E-state index contributed by atoms with van der Waals surface area (Å²) in [6, 6.07) is 8.92. The van der Waals surface area contributed by atoms with E-state index in [4.69, 9.17) is 0 Å². The van der Waals surface area contributed by atoms with Crippen LogP contribution in [0.3, 0.4) is 0 Å². The summed E-state index contributed by atoms with van der Waals surface area (Å²) in [7, 11) is 1.67. The second-order valence-electron chi connectivity index (χ2n) is 4.58. The van der Waals surface area contributed by atoms with Gasteiger partial charge in [-0.05, 0) is 49.2 Å². The Kier molecular flexibility index (Phi) is 3.51. The van der Waals surface area contributed by atoms with E-state index in [0.29, 0.717) is 0 Å². The summed E-state index contributed by atoms with van der Waals surface area (Å²) in [5.74, 6) is -0.438. The lowest BCUT2D eigenvalue weighted by Crippen LogP contribution is -2.27. The van der Waals surface area contributed by atoms with Crippen LogP contribution >= 0.6 is 0 Å². The Morgan fingerprint density at radius 3 is 2.42 bits per heavy atom. The van der Waals surface area contributed by atoms with E-state index < -0.39 is 0 Å². The van der Waals surface area contributed by atoms with Gasteiger partial charge in [-0.25, -0.2) is 4.98 Å². The number of rotatable bonds is 2. The number of carbonyl (C=O) groups excluding carboxylic acids is 1. The fourth-order valence-electron chi connectivity index (χ4n) is 1.98. The number of pyridine rings is 1. The lowest BCUT2D eigenvalue weighted by Gasteiger charge is -2.18. The minimum Gasteiger partial charge on any atom is -0.505 e. The van der Waals surface area contributed by atoms with Crippen molar-refractivity contribution < 1.29 is 9.90 Å². The van der Waals surface area contributed by atoms with Crippen LogP contribution in [-0.4, -0.2) is 23.0 Å². The molecule has 2 aromatic rings. The van der Waals surface area contributed by atoms with Crippen LogP contribution in [0, 0.1) is 13.8 Å². The molecule has 0 unspecified atom stereocenters. The highest BCUT2D eigenvalue weighted by Gasteiger charge is 2.18. The van der Waals surface area contributed by atoms with E-state index in [0.717, 1.165) is 16.8 Å². The van der Waals surface area contributed by atoms with Crippen molar-refractivity contribution >= 4 is 11.6 Å². The van der Waals surface area contributed by atoms with E-state index in [1.54, 1.807) is 13.1 Å². The predicted octanol–water partition coefficient (Wildman–Crippen LogP) is 2.68. The van der Waals surface area contributed by atoms with Crippen LogP contribution in [0.25, 0.3) is 0 Å². The molecular formula is C15H16N2O2. The van der Waals surface area contributed by atoms with E-state index in [1.165, 1.54) is 17.2 Å². The largest absolute Gasteiger partial charge is 0.505 e. The molecule has 1 amide bonds. The number of anilines is 1. The predicted molar refractivity (Wildman–Crippen MR) is 74.6 cm³/mol. The topological polar surface area (TPSA) is 53.4 Å². The molecule has 1 aromatic heterocycles. The number of amides is 1. The molecule has 0 bridgehead atoms. The molecule has 19 heavy (non-hydrogen) atoms. The molecule has 4 nitrogen and oxygen atoms in total. The summed E-state index contributed by atoms with van der Waals surface area (Å²) in [5, 5.41) is 9.68. The highest BCUT2D eigenvalue weighted by molar-refractivity contribution is 6.06. The van der Waals surface area contributed by atoms with Gasteiger partial charge in [0.05, 0.1) is 0 Å². The van der Waals surface area contributed by atoms with Crippen LogP contribution in [-0.2, 0) is 0 Å². The molecule has 0 atom stereocenters. The smallest absolute Gasteiger partial charge is 0.280 e. The highest BCUT2D eigenvalue weighted by atomic mass is 16.3. The van der Waals surface area contributed by atoms with Gasteiger partial charge in [-0.15, -0.1) is 0 Å². The van der Waals surface area contributed by atoms with Gasteiger partial charge in [0.2, 0.25) is 0 Å². The third-order valence-electron chi connectivity index (χ3n) is 2.89. The second-order valence-corrected chi connectivity index (χ2v) is 4.58. The standard InChI is InChI=1S/C15H16N2O2/c1-10-7-11(2)9-12(8-10)17(3)15(19)14-13(18)5-4-6-16-14/h4-9,18H,1-3H3. The Morgan fingerprint density at radius 2 is 1.84 bits per heavy atom. The van der Waals surface area contributed by atoms with Crippen molar-refractivity contribution in [2.75, 3.05) is 11.9 Å². The lowest BCUT2D eigenvalue weighted by molar-refractivity contribution is 0.0985. The number of aromatic nitrogens is 1. The zero-order chi connectivity index (χ0) is 14.0. The summed E-state index contributed by atoms with van der Waals surface area (Å²) in [5.41, 5.74) is 3.01. The lowest BCUT2D eigenvalue weighted by atomic mass is 10.1. The van der Waals surface area contributed by atoms with Crippen LogP contribution in [0.4, 0.5) is 5.69 Å². The molecule has 0 radical (unpaired) electrons. The maximum absolute atomic E-state index is 12.3. The van der Waals surface area contributed by atoms with Crippen LogP contribution in [0.2, 0.25) is 0 Å². The first kappa shape index (κ1) is 13.1. The maximum atomic E-state index is 12.3. The van der Waals surface area contributed by atoms with Crippen molar-refractivity contribution in [1.82, 2.24) is 4.98 Å². The molecule has 1 heterocycles. The Labute approximate surface area is 112 Å². The van der Waals surface area contributed by atoms with Crippen LogP contribution < -0.4 is 4.90 Å². The molecule has 4 heteroatoms. The van der Waals surface area contributed by atoms with E-state index >= 15 is 0 Å². The molecule has 1 aromatic carbocycles. The van der Waals surface area contributed by atoms with Crippen molar-refractivity contribution in [3.63, 3.8) is 0 Å². The first-order valence-electron chi connectivity index (χ1n) is 5.99. The average molecular weight is 256 g/mol. The number of carbonyl (C=O) groups is 1. The van der Waals surface area contributed by atoms with Gasteiger partial charge < -0.3 is 10.0 Å². The van der Waals surface area contributed by atoms with Gasteiger partial charge in [0.15, 0.2) is 5.69 Å². The van der Waals surface area contributed by atoms with Gasteiger partial charge in [0.25, 0.3) is 5.91 Å². The monoisotopic (exact) mass is 256 g/mol. The van der Waals surface area contributed by atoms with E-state index in [9.17, 15) is 9.90 Å². The van der Waals surface area contributed by atoms with Crippen LogP contribution in [0.5, 0.6) is 5.75 Å². The number of hydrogen-bond donors (Lipinski definition) is 1. The van der Waals surface area contributed by atoms with Gasteiger partial charge >= 0.3 is 0 Å². The molecule has 0 aliphatic heterocycles. The van der Waals surface area contributed by atoms with E-state index in [-0.39, 0.29) is 17.4 Å². The third kappa shape index (κ3) is 2.73. The van der Waals surface area contributed by atoms with Crippen molar-refractivity contribution in [2.45, 2.75) is 13.8 Å². The van der Waals surface area contributed by atoms with Crippen molar-refractivity contribution in [1.29, 1.82) is 0 Å². The molecule has 0 aliphatic carbocycles. The Bertz CT molecular complexity index is 603. The molecule has 0 saturated heterocycles. The number of nitrogens with zero attached hydrogens (tertiary/aromatic N) is 2. The molecule has 1 N–H and O–H groups in total. The summed E-state index contributed by atoms with van der Waals surface area (Å²) in [6.45, 7) is 3.96. The molecule has 0 aliphatic rings. The summed E-state index contributed by atoms with van der Waals surface area (Å²) >= 11 is 0. The number of aryl methyl sites for hydroxylation is 2. The van der Waals surface area contributed by atoms with Crippen molar-refractivity contribution in [2.24, 2.45) is 0 Å². The molecule has 0 saturated carbocycles. The Hall–Kier alpha value is -2.36. The van der Waals surface area contributed by atoms with Crippen LogP contribution in [0.1, 0.15) is 21.6 Å². The van der Waals surface area contributed by atoms with Gasteiger partial charge in [0.1, 0.15) is 5.75 Å². The first-order valence-corrected chi connectivity index (χ1v) is 5.99. The zero-order valence-electron chi connectivity index (χ0n) is 11.2. The van der Waals surface area contributed by atoms with Gasteiger partial charge in [-0.3, -0.25) is 4.79 Å². The van der Waals surface area contributed by atoms with Crippen molar-refractivity contribution in [3.8, 4) is 5.75 Å². The minimum atomic E-state index is -0.330. The highest BCUT2D eigenvalue weighted by Crippen LogP contribution is 2.21. The zero-order valence-corrected chi connectivity index (χ0v) is 11.2. The van der Waals surface area contributed by atoms with E-state index in [2.05, 4.69) is 4.98 Å². The molecule has 0 spiro atoms. The number of hydrogen-bond acceptors (Lipinski definition) is 3. The van der Waals surface area contributed by atoms with Gasteiger partial charge in [-0.2, -0.15) is 0 Å². The van der Waals surface area contributed by atoms with E-state index in [1.807, 2.05) is 32.0 Å². The Balaban J connectivity index is 2.36. The molecular weight excluding hydrogens is 240 g/mol. The fourth-order valence-corrected chi connectivity index (χ4v) is 1.98. The second kappa shape index (κ2) is 5.10. The average Bonchev–Trinajstić information content (AvgIpc) is 2.36. The maximum Gasteiger partial charge on any atom is 0.280 e. The Morgan fingerprint density at radius 1 is 1.21 bits per heavy atom. The molecule has 2 rings (SSSR count). The number of benzene rings is 1. The minimum absolute atomic E-state index is 0.0594. The number of aromatic hydroxyl groups is 1. The summed E-state index contributed by atoms with van der Waals surface area (Å²) in [6.07, 6.45) is 1.49. The fraction of sp³-hybridized carbons (Fsp3) is 0.200. The van der Waals surface area contributed by atoms with Gasteiger partial charge in [-0.1, -0.05) is 6.07 Å². The summed E-state index contributed by atoms with van der Waals surface area (Å²) in [4.78, 5) is 17.7. The first-order chi connectivity index (χ1) is 8.99. The molecule has 0 fully saturated rings. The summed E-state index contributed by atoms with van der Waals surface area (Å²) < 4.78 is 0. The molecule has 98 valence electrons. The van der Waals surface area contributed by atoms with Gasteiger partial charge in [0, 0.05) is 18.9 Å². The SMILES string of the molecule is Cc1cc(C)cc(N(C)C(=O)c2ncccc2O)c1. The van der Waals surface area contributed by atoms with Crippen LogP contribution in [0.15, 0.2) is 36.5 Å². The third-order valence-corrected chi connectivity index (χ3v) is 2.89. The quantitative estimate of drug-likeness (QED) is 0.898.